The second kappa shape index (κ2) is 9.04. The number of esters is 1. The van der Waals surface area contributed by atoms with Crippen molar-refractivity contribution in [1.82, 2.24) is 9.80 Å². The summed E-state index contributed by atoms with van der Waals surface area (Å²) in [4.78, 5) is 39.8. The van der Waals surface area contributed by atoms with Crippen molar-refractivity contribution in [2.45, 2.75) is 32.4 Å². The zero-order valence-electron chi connectivity index (χ0n) is 16.5. The van der Waals surface area contributed by atoms with Gasteiger partial charge in [0.25, 0.3) is 5.91 Å². The van der Waals surface area contributed by atoms with Crippen molar-refractivity contribution in [3.8, 4) is 0 Å². The highest BCUT2D eigenvalue weighted by molar-refractivity contribution is 6.02. The van der Waals surface area contributed by atoms with E-state index in [1.54, 1.807) is 30.0 Å². The summed E-state index contributed by atoms with van der Waals surface area (Å²) in [7, 11) is 0. The summed E-state index contributed by atoms with van der Waals surface area (Å²) in [6.45, 7) is 3.39. The lowest BCUT2D eigenvalue weighted by Crippen LogP contribution is -2.45. The first kappa shape index (κ1) is 20.8. The molecule has 156 valence electrons. The van der Waals surface area contributed by atoms with Crippen LogP contribution in [0.4, 0.5) is 0 Å². The van der Waals surface area contributed by atoms with Gasteiger partial charge in [0.1, 0.15) is 19.0 Å². The number of piperidine rings is 1. The molecule has 9 heteroatoms. The molecule has 2 aliphatic heterocycles. The molecule has 3 rings (SSSR count). The van der Waals surface area contributed by atoms with Crippen LogP contribution in [0.2, 0.25) is 0 Å². The van der Waals surface area contributed by atoms with Gasteiger partial charge >= 0.3 is 5.97 Å². The van der Waals surface area contributed by atoms with Crippen molar-refractivity contribution in [1.29, 1.82) is 5.41 Å². The van der Waals surface area contributed by atoms with Crippen molar-refractivity contribution < 1.29 is 23.9 Å². The first-order valence-electron chi connectivity index (χ1n) is 9.70. The SMILES string of the molecule is CCOC(=O)COC1CCN(C(=O)CN2Cc3cc(C(=N)N)ccc3C2=O)CC1. The molecule has 0 radical (unpaired) electrons. The number of benzene rings is 1. The normalized spacial score (nSPS) is 16.7. The molecule has 0 aliphatic carbocycles. The van der Waals surface area contributed by atoms with Crippen LogP contribution in [0.25, 0.3) is 0 Å². The number of likely N-dealkylation sites (tertiary alicyclic amines) is 1. The maximum Gasteiger partial charge on any atom is 0.332 e. The highest BCUT2D eigenvalue weighted by Gasteiger charge is 2.31. The van der Waals surface area contributed by atoms with Gasteiger partial charge in [-0.25, -0.2) is 4.79 Å². The number of carbonyl (C=O) groups is 3. The Morgan fingerprint density at radius 2 is 2.00 bits per heavy atom. The van der Waals surface area contributed by atoms with Gasteiger partial charge in [-0.15, -0.1) is 0 Å². The molecule has 9 nitrogen and oxygen atoms in total. The van der Waals surface area contributed by atoms with Crippen molar-refractivity contribution >= 4 is 23.6 Å². The highest BCUT2D eigenvalue weighted by atomic mass is 16.6. The maximum atomic E-state index is 12.6. The minimum Gasteiger partial charge on any atom is -0.464 e. The lowest BCUT2D eigenvalue weighted by Gasteiger charge is -2.32. The molecule has 1 saturated heterocycles. The van der Waals surface area contributed by atoms with Crippen molar-refractivity contribution in [3.05, 3.63) is 34.9 Å². The number of carbonyl (C=O) groups excluding carboxylic acids is 3. The van der Waals surface area contributed by atoms with Gasteiger partial charge in [-0.1, -0.05) is 6.07 Å². The van der Waals surface area contributed by atoms with E-state index < -0.39 is 0 Å². The molecule has 0 atom stereocenters. The summed E-state index contributed by atoms with van der Waals surface area (Å²) >= 11 is 0. The van der Waals surface area contributed by atoms with Gasteiger partial charge in [0.2, 0.25) is 5.91 Å². The van der Waals surface area contributed by atoms with Crippen LogP contribution in [0.3, 0.4) is 0 Å². The molecule has 2 heterocycles. The Morgan fingerprint density at radius 1 is 1.28 bits per heavy atom. The van der Waals surface area contributed by atoms with E-state index in [4.69, 9.17) is 20.6 Å². The van der Waals surface area contributed by atoms with Crippen LogP contribution in [0.5, 0.6) is 0 Å². The lowest BCUT2D eigenvalue weighted by molar-refractivity contribution is -0.152. The van der Waals surface area contributed by atoms with Crippen molar-refractivity contribution in [2.75, 3.05) is 32.8 Å². The Kier molecular flexibility index (Phi) is 6.48. The van der Waals surface area contributed by atoms with E-state index in [-0.39, 0.29) is 42.9 Å². The first-order chi connectivity index (χ1) is 13.9. The zero-order valence-corrected chi connectivity index (χ0v) is 16.5. The number of nitrogens with two attached hydrogens (primary N) is 1. The third-order valence-electron chi connectivity index (χ3n) is 5.16. The topological polar surface area (TPSA) is 126 Å². The number of nitrogens with zero attached hydrogens (tertiary/aromatic N) is 2. The molecule has 0 unspecified atom stereocenters. The Labute approximate surface area is 169 Å². The van der Waals surface area contributed by atoms with E-state index in [9.17, 15) is 14.4 Å². The summed E-state index contributed by atoms with van der Waals surface area (Å²) in [5.74, 6) is -0.730. The summed E-state index contributed by atoms with van der Waals surface area (Å²) in [5.41, 5.74) is 7.40. The van der Waals surface area contributed by atoms with E-state index in [0.717, 1.165) is 5.56 Å². The van der Waals surface area contributed by atoms with Crippen LogP contribution in [0, 0.1) is 5.41 Å². The number of nitrogens with one attached hydrogen (secondary N) is 1. The molecule has 3 N–H and O–H groups in total. The number of amides is 2. The third kappa shape index (κ3) is 4.92. The summed E-state index contributed by atoms with van der Waals surface area (Å²) in [5, 5.41) is 7.52. The average molecular weight is 402 g/mol. The van der Waals surface area contributed by atoms with Crippen molar-refractivity contribution in [3.63, 3.8) is 0 Å². The predicted molar refractivity (Wildman–Crippen MR) is 104 cm³/mol. The standard InChI is InChI=1S/C20H26N4O5/c1-2-28-18(26)12-29-15-5-7-23(8-6-15)17(25)11-24-10-14-9-13(19(21)22)3-4-16(14)20(24)27/h3-4,9,15H,2,5-8,10-12H2,1H3,(H3,21,22). The quantitative estimate of drug-likeness (QED) is 0.388. The molecule has 0 bridgehead atoms. The minimum absolute atomic E-state index is 0.0112. The van der Waals surface area contributed by atoms with Gasteiger partial charge in [-0.2, -0.15) is 0 Å². The largest absolute Gasteiger partial charge is 0.464 e. The zero-order chi connectivity index (χ0) is 21.0. The fraction of sp³-hybridized carbons (Fsp3) is 0.500. The van der Waals surface area contributed by atoms with Crippen LogP contribution < -0.4 is 5.73 Å². The molecular formula is C20H26N4O5. The summed E-state index contributed by atoms with van der Waals surface area (Å²) < 4.78 is 10.4. The molecule has 2 aliphatic rings. The Hall–Kier alpha value is -2.94. The van der Waals surface area contributed by atoms with E-state index in [1.165, 1.54) is 4.90 Å². The molecule has 29 heavy (non-hydrogen) atoms. The number of nitrogen functional groups attached to an aromatic ring is 1. The van der Waals surface area contributed by atoms with Gasteiger partial charge in [0.15, 0.2) is 0 Å². The van der Waals surface area contributed by atoms with Crippen LogP contribution in [-0.2, 0) is 25.6 Å². The minimum atomic E-state index is -0.383. The second-order valence-corrected chi connectivity index (χ2v) is 7.14. The maximum absolute atomic E-state index is 12.6. The highest BCUT2D eigenvalue weighted by Crippen LogP contribution is 2.24. The molecule has 1 aromatic carbocycles. The number of fused-ring (bicyclic) bond motifs is 1. The predicted octanol–water partition coefficient (Wildman–Crippen LogP) is 0.497. The van der Waals surface area contributed by atoms with E-state index >= 15 is 0 Å². The average Bonchev–Trinajstić information content (AvgIpc) is 3.01. The molecule has 2 amide bonds. The van der Waals surface area contributed by atoms with Crippen LogP contribution in [0.1, 0.15) is 41.3 Å². The number of ether oxygens (including phenoxy) is 2. The second-order valence-electron chi connectivity index (χ2n) is 7.14. The van der Waals surface area contributed by atoms with Crippen LogP contribution >= 0.6 is 0 Å². The Morgan fingerprint density at radius 3 is 2.66 bits per heavy atom. The third-order valence-corrected chi connectivity index (χ3v) is 5.16. The molecule has 0 saturated carbocycles. The number of amidine groups is 1. The Bertz CT molecular complexity index is 817. The van der Waals surface area contributed by atoms with Crippen molar-refractivity contribution in [2.24, 2.45) is 5.73 Å². The van der Waals surface area contributed by atoms with E-state index in [2.05, 4.69) is 0 Å². The monoisotopic (exact) mass is 402 g/mol. The fourth-order valence-electron chi connectivity index (χ4n) is 3.60. The number of hydrogen-bond donors (Lipinski definition) is 2. The van der Waals surface area contributed by atoms with Crippen LogP contribution in [0.15, 0.2) is 18.2 Å². The summed E-state index contributed by atoms with van der Waals surface area (Å²) in [6, 6.07) is 5.03. The number of hydrogen-bond acceptors (Lipinski definition) is 6. The van der Waals surface area contributed by atoms with Gasteiger partial charge < -0.3 is 25.0 Å². The Balaban J connectivity index is 1.48. The smallest absolute Gasteiger partial charge is 0.332 e. The first-order valence-corrected chi connectivity index (χ1v) is 9.70. The molecular weight excluding hydrogens is 376 g/mol. The lowest BCUT2D eigenvalue weighted by atomic mass is 10.1. The molecule has 1 aromatic rings. The van der Waals surface area contributed by atoms with E-state index in [0.29, 0.717) is 50.2 Å². The van der Waals surface area contributed by atoms with Crippen LogP contribution in [-0.4, -0.2) is 72.4 Å². The molecule has 0 aromatic heterocycles. The number of rotatable bonds is 7. The molecule has 0 spiro atoms. The van der Waals surface area contributed by atoms with Gasteiger partial charge in [0.05, 0.1) is 12.7 Å². The summed E-state index contributed by atoms with van der Waals surface area (Å²) in [6.07, 6.45) is 1.20. The van der Waals surface area contributed by atoms with Gasteiger partial charge in [-0.05, 0) is 37.5 Å². The van der Waals surface area contributed by atoms with Gasteiger partial charge in [-0.3, -0.25) is 15.0 Å². The fourth-order valence-corrected chi connectivity index (χ4v) is 3.60. The van der Waals surface area contributed by atoms with E-state index in [1.807, 2.05) is 0 Å². The van der Waals surface area contributed by atoms with Gasteiger partial charge in [0, 0.05) is 30.8 Å². The molecule has 1 fully saturated rings.